The molecule has 0 amide bonds. The van der Waals surface area contributed by atoms with E-state index in [2.05, 4.69) is 0 Å². The molecule has 2 N–H and O–H groups in total. The molecule has 7 aromatic rings. The molecular weight excluding hydrogens is 847 g/mol. The summed E-state index contributed by atoms with van der Waals surface area (Å²) in [6.45, 7) is 0. The van der Waals surface area contributed by atoms with Crippen LogP contribution in [0.15, 0.2) is 158 Å². The maximum absolute atomic E-state index is 14.6. The van der Waals surface area contributed by atoms with Crippen molar-refractivity contribution in [3.8, 4) is 45.3 Å². The molecule has 7 aromatic carbocycles. The van der Waals surface area contributed by atoms with Crippen LogP contribution in [0.25, 0.3) is 22.3 Å². The minimum atomic E-state index is -3.36. The van der Waals surface area contributed by atoms with Crippen molar-refractivity contribution in [1.82, 2.24) is 0 Å². The minimum Gasteiger partial charge on any atom is -0.508 e. The van der Waals surface area contributed by atoms with Crippen LogP contribution in [0.1, 0.15) is 60.6 Å². The van der Waals surface area contributed by atoms with E-state index >= 15 is 0 Å². The van der Waals surface area contributed by atoms with Crippen molar-refractivity contribution in [2.24, 2.45) is 0 Å². The van der Waals surface area contributed by atoms with Gasteiger partial charge in [-0.05, 0) is 126 Å². The van der Waals surface area contributed by atoms with E-state index in [1.54, 1.807) is 30.3 Å². The maximum atomic E-state index is 14.6. The van der Waals surface area contributed by atoms with E-state index in [9.17, 15) is 33.7 Å². The average molecular weight is 889 g/mol. The number of hydrogen-bond acceptors (Lipinski definition) is 9. The maximum Gasteiger partial charge on any atom is 0.343 e. The number of aryl methyl sites for hydroxylation is 2. The SMILES string of the molecule is O=C(O)c1ccc(C(=O)Oc2ccc(CC(=O)c3ccc(O)c(CCCP4(=O)Oc5ccccc5-c5ccccc54)c3)cc2CCCP2(=O)Oc3ccccc3-c3ccccc32)cc1. The largest absolute Gasteiger partial charge is 0.508 e. The first kappa shape index (κ1) is 42.3. The Bertz CT molecular complexity index is 3070. The Balaban J connectivity index is 0.920. The zero-order valence-corrected chi connectivity index (χ0v) is 36.3. The number of Topliss-reactive ketones (excluding diaryl/α,β-unsaturated/α-hetero) is 1. The van der Waals surface area contributed by atoms with Crippen molar-refractivity contribution >= 4 is 43.1 Å². The summed E-state index contributed by atoms with van der Waals surface area (Å²) >= 11 is 0. The van der Waals surface area contributed by atoms with E-state index in [-0.39, 0.29) is 47.2 Å². The Morgan fingerprint density at radius 1 is 0.531 bits per heavy atom. The van der Waals surface area contributed by atoms with Gasteiger partial charge in [0, 0.05) is 35.4 Å². The summed E-state index contributed by atoms with van der Waals surface area (Å²) in [5.41, 5.74) is 5.88. The minimum absolute atomic E-state index is 0.00685. The lowest BCUT2D eigenvalue weighted by atomic mass is 9.97. The summed E-state index contributed by atoms with van der Waals surface area (Å²) in [7, 11) is -6.64. The lowest BCUT2D eigenvalue weighted by Crippen LogP contribution is -2.20. The smallest absolute Gasteiger partial charge is 0.343 e. The number of carboxylic acids is 1. The van der Waals surface area contributed by atoms with Crippen LogP contribution in [-0.2, 0) is 28.4 Å². The van der Waals surface area contributed by atoms with E-state index in [1.165, 1.54) is 30.3 Å². The molecule has 2 heterocycles. The molecule has 0 saturated heterocycles. The van der Waals surface area contributed by atoms with Gasteiger partial charge in [0.1, 0.15) is 23.0 Å². The van der Waals surface area contributed by atoms with Gasteiger partial charge in [-0.25, -0.2) is 9.59 Å². The van der Waals surface area contributed by atoms with Crippen LogP contribution in [0.5, 0.6) is 23.0 Å². The third-order valence-electron chi connectivity index (χ3n) is 11.6. The first-order chi connectivity index (χ1) is 31.0. The number of carboxylic acid groups (broad SMARTS) is 1. The highest BCUT2D eigenvalue weighted by Gasteiger charge is 2.36. The summed E-state index contributed by atoms with van der Waals surface area (Å²) in [6.07, 6.45) is 1.94. The van der Waals surface area contributed by atoms with Gasteiger partial charge in [-0.15, -0.1) is 0 Å². The number of phenolic OH excluding ortho intramolecular Hbond substituents is 1. The molecule has 0 aliphatic carbocycles. The fraction of sp³-hybridized carbons (Fsp3) is 0.135. The number of rotatable bonds is 14. The molecule has 2 aliphatic rings. The summed E-state index contributed by atoms with van der Waals surface area (Å²) in [4.78, 5) is 38.6. The molecule has 0 fully saturated rings. The van der Waals surface area contributed by atoms with Crippen molar-refractivity contribution in [3.63, 3.8) is 0 Å². The van der Waals surface area contributed by atoms with Crippen LogP contribution in [0.3, 0.4) is 0 Å². The van der Waals surface area contributed by atoms with Crippen molar-refractivity contribution in [2.75, 3.05) is 12.3 Å². The molecule has 0 spiro atoms. The van der Waals surface area contributed by atoms with E-state index in [1.807, 2.05) is 97.1 Å². The standard InChI is InChI=1S/C52H42O10P2/c53-44-27-26-38(33-37(44)11-9-29-63(58)49-19-7-3-15-42(49)40-13-1-5-17-47(40)61-63)45(54)32-34-21-28-46(60-52(57)36-24-22-35(23-25-36)51(55)56)39(31-34)12-10-30-64(59)50-20-8-4-16-43(50)41-14-2-6-18-48(41)62-64/h1-8,13-28,31,33,53H,9-12,29-30,32H2,(H,55,56). The van der Waals surface area contributed by atoms with Crippen molar-refractivity contribution in [1.29, 1.82) is 0 Å². The van der Waals surface area contributed by atoms with Crippen LogP contribution in [0.4, 0.5) is 0 Å². The molecule has 64 heavy (non-hydrogen) atoms. The third kappa shape index (κ3) is 8.55. The molecule has 320 valence electrons. The molecule has 2 unspecified atom stereocenters. The predicted molar refractivity (Wildman–Crippen MR) is 247 cm³/mol. The van der Waals surface area contributed by atoms with Crippen LogP contribution < -0.4 is 24.4 Å². The van der Waals surface area contributed by atoms with Gasteiger partial charge in [-0.2, -0.15) is 0 Å². The number of phenols is 1. The highest BCUT2D eigenvalue weighted by atomic mass is 31.2. The molecule has 2 aliphatic heterocycles. The topological polar surface area (TPSA) is 154 Å². The van der Waals surface area contributed by atoms with Crippen LogP contribution in [-0.4, -0.2) is 40.3 Å². The van der Waals surface area contributed by atoms with Gasteiger partial charge >= 0.3 is 11.9 Å². The Kier molecular flexibility index (Phi) is 11.7. The Morgan fingerprint density at radius 3 is 1.61 bits per heavy atom. The number of carbonyl (C=O) groups excluding carboxylic acids is 2. The summed E-state index contributed by atoms with van der Waals surface area (Å²) in [5.74, 6) is -0.616. The van der Waals surface area contributed by atoms with Gasteiger partial charge in [0.25, 0.3) is 14.7 Å². The highest BCUT2D eigenvalue weighted by molar-refractivity contribution is 7.68. The monoisotopic (exact) mass is 888 g/mol. The second kappa shape index (κ2) is 17.6. The van der Waals surface area contributed by atoms with Crippen molar-refractivity contribution in [2.45, 2.75) is 32.1 Å². The van der Waals surface area contributed by atoms with Gasteiger partial charge in [-0.1, -0.05) is 84.9 Å². The number of benzene rings is 7. The number of carbonyl (C=O) groups is 3. The number of aromatic hydroxyl groups is 1. The van der Waals surface area contributed by atoms with Crippen LogP contribution >= 0.6 is 14.7 Å². The number of para-hydroxylation sites is 2. The Hall–Kier alpha value is -6.99. The molecule has 0 aromatic heterocycles. The summed E-state index contributed by atoms with van der Waals surface area (Å²) < 4.78 is 47.2. The number of ketones is 1. The zero-order valence-electron chi connectivity index (χ0n) is 34.5. The quantitative estimate of drug-likeness (QED) is 0.0467. The zero-order chi connectivity index (χ0) is 44.4. The highest BCUT2D eigenvalue weighted by Crippen LogP contribution is 2.56. The second-order valence-electron chi connectivity index (χ2n) is 15.9. The van der Waals surface area contributed by atoms with E-state index in [4.69, 9.17) is 13.8 Å². The summed E-state index contributed by atoms with van der Waals surface area (Å²) in [6, 6.07) is 45.4. The summed E-state index contributed by atoms with van der Waals surface area (Å²) in [5, 5.41) is 21.5. The Labute approximate surface area is 370 Å². The first-order valence-electron chi connectivity index (χ1n) is 21.0. The molecule has 0 radical (unpaired) electrons. The van der Waals surface area contributed by atoms with E-state index in [0.29, 0.717) is 70.0 Å². The molecule has 0 bridgehead atoms. The van der Waals surface area contributed by atoms with Crippen molar-refractivity contribution in [3.05, 3.63) is 191 Å². The van der Waals surface area contributed by atoms with Gasteiger partial charge < -0.3 is 24.0 Å². The molecule has 12 heteroatoms. The number of hydrogen-bond donors (Lipinski definition) is 2. The normalized spacial score (nSPS) is 16.8. The third-order valence-corrected chi connectivity index (χ3v) is 16.7. The number of aromatic carboxylic acids is 1. The lowest BCUT2D eigenvalue weighted by molar-refractivity contribution is 0.0691. The fourth-order valence-electron chi connectivity index (χ4n) is 8.43. The van der Waals surface area contributed by atoms with Crippen LogP contribution in [0.2, 0.25) is 0 Å². The van der Waals surface area contributed by atoms with Gasteiger partial charge in [0.15, 0.2) is 5.78 Å². The first-order valence-corrected chi connectivity index (χ1v) is 24.6. The molecule has 2 atom stereocenters. The van der Waals surface area contributed by atoms with Crippen molar-refractivity contribution < 1.29 is 47.5 Å². The number of ether oxygens (including phenoxy) is 1. The van der Waals surface area contributed by atoms with Gasteiger partial charge in [-0.3, -0.25) is 13.9 Å². The number of fused-ring (bicyclic) bond motifs is 6. The Morgan fingerprint density at radius 2 is 1.03 bits per heavy atom. The van der Waals surface area contributed by atoms with E-state index < -0.39 is 26.7 Å². The molecule has 9 rings (SSSR count). The molecular formula is C52H42O10P2. The van der Waals surface area contributed by atoms with Crippen LogP contribution in [0, 0.1) is 0 Å². The predicted octanol–water partition coefficient (Wildman–Crippen LogP) is 10.9. The molecule has 10 nitrogen and oxygen atoms in total. The lowest BCUT2D eigenvalue weighted by Gasteiger charge is -2.28. The molecule has 0 saturated carbocycles. The van der Waals surface area contributed by atoms with E-state index in [0.717, 1.165) is 22.3 Å². The van der Waals surface area contributed by atoms with Gasteiger partial charge in [0.2, 0.25) is 0 Å². The average Bonchev–Trinajstić information content (AvgIpc) is 3.30. The second-order valence-corrected chi connectivity index (χ2v) is 20.8. The number of esters is 1. The fourth-order valence-corrected chi connectivity index (χ4v) is 13.1. The van der Waals surface area contributed by atoms with Gasteiger partial charge in [0.05, 0.1) is 21.7 Å².